The largest absolute Gasteiger partial charge is 0.491 e. The molecule has 1 aromatic heterocycles. The molecule has 0 bridgehead atoms. The number of aromatic nitrogens is 1. The molecule has 0 spiro atoms. The van der Waals surface area contributed by atoms with Crippen LogP contribution in [0.2, 0.25) is 0 Å². The zero-order valence-electron chi connectivity index (χ0n) is 19.4. The number of benzene rings is 1. The number of rotatable bonds is 10. The van der Waals surface area contributed by atoms with Gasteiger partial charge in [-0.05, 0) is 30.0 Å². The first-order valence-electron chi connectivity index (χ1n) is 10.5. The molecule has 0 aliphatic rings. The molecule has 172 valence electrons. The quantitative estimate of drug-likeness (QED) is 0.559. The average Bonchev–Trinajstić information content (AvgIpc) is 2.70. The van der Waals surface area contributed by atoms with Gasteiger partial charge in [-0.25, -0.2) is 4.79 Å². The fraction of sp³-hybridized carbons (Fsp3) is 0.565. The lowest BCUT2D eigenvalue weighted by atomic mass is 9.96. The van der Waals surface area contributed by atoms with Gasteiger partial charge in [-0.2, -0.15) is 0 Å². The zero-order chi connectivity index (χ0) is 23.2. The van der Waals surface area contributed by atoms with Gasteiger partial charge in [0.05, 0.1) is 18.6 Å². The Morgan fingerprint density at radius 2 is 1.84 bits per heavy atom. The number of fused-ring (bicyclic) bond motifs is 1. The van der Waals surface area contributed by atoms with Crippen LogP contribution in [0.1, 0.15) is 40.5 Å². The van der Waals surface area contributed by atoms with Crippen LogP contribution >= 0.6 is 0 Å². The van der Waals surface area contributed by atoms with E-state index in [4.69, 9.17) is 14.2 Å². The van der Waals surface area contributed by atoms with Crippen LogP contribution < -0.4 is 19.9 Å². The van der Waals surface area contributed by atoms with Crippen molar-refractivity contribution in [2.45, 2.75) is 47.1 Å². The van der Waals surface area contributed by atoms with Gasteiger partial charge in [-0.3, -0.25) is 14.3 Å². The maximum atomic E-state index is 13.4. The second-order valence-corrected chi connectivity index (χ2v) is 8.70. The van der Waals surface area contributed by atoms with Crippen molar-refractivity contribution in [1.29, 1.82) is 0 Å². The summed E-state index contributed by atoms with van der Waals surface area (Å²) in [5.74, 6) is 1.15. The third kappa shape index (κ3) is 6.13. The van der Waals surface area contributed by atoms with E-state index in [2.05, 4.69) is 0 Å². The molecule has 0 aliphatic heterocycles. The Labute approximate surface area is 183 Å². The number of hydrogen-bond acceptors (Lipinski definition) is 5. The van der Waals surface area contributed by atoms with Crippen molar-refractivity contribution in [2.75, 3.05) is 38.9 Å². The third-order valence-corrected chi connectivity index (χ3v) is 4.71. The number of carbonyl (C=O) groups is 1. The van der Waals surface area contributed by atoms with E-state index in [9.17, 15) is 14.7 Å². The minimum Gasteiger partial charge on any atom is -0.491 e. The van der Waals surface area contributed by atoms with Crippen LogP contribution in [0.4, 0.5) is 10.6 Å². The lowest BCUT2D eigenvalue weighted by Gasteiger charge is -2.28. The molecule has 0 atom stereocenters. The van der Waals surface area contributed by atoms with Gasteiger partial charge in [0.25, 0.3) is 5.56 Å². The number of nitrogens with zero attached hydrogens (tertiary/aromatic N) is 2. The van der Waals surface area contributed by atoms with Gasteiger partial charge in [0.1, 0.15) is 12.4 Å². The van der Waals surface area contributed by atoms with Gasteiger partial charge in [0, 0.05) is 26.1 Å². The summed E-state index contributed by atoms with van der Waals surface area (Å²) in [7, 11) is 3.02. The highest BCUT2D eigenvalue weighted by atomic mass is 16.5. The molecule has 0 unspecified atom stereocenters. The highest BCUT2D eigenvalue weighted by Crippen LogP contribution is 2.37. The first-order chi connectivity index (χ1) is 14.6. The third-order valence-electron chi connectivity index (χ3n) is 4.71. The Hall–Kier alpha value is -2.74. The summed E-state index contributed by atoms with van der Waals surface area (Å²) in [5.41, 5.74) is -0.519. The fourth-order valence-electron chi connectivity index (χ4n) is 3.22. The predicted octanol–water partition coefficient (Wildman–Crippen LogP) is 4.37. The van der Waals surface area contributed by atoms with Gasteiger partial charge in [0.2, 0.25) is 0 Å². The number of unbranched alkanes of at least 4 members (excludes halogenated alkanes) is 1. The molecule has 8 nitrogen and oxygen atoms in total. The van der Waals surface area contributed by atoms with Crippen LogP contribution in [-0.4, -0.2) is 49.7 Å². The van der Waals surface area contributed by atoms with Gasteiger partial charge in [0.15, 0.2) is 11.6 Å². The van der Waals surface area contributed by atoms with Crippen LogP contribution in [-0.2, 0) is 11.3 Å². The molecule has 1 aromatic carbocycles. The molecule has 1 amide bonds. The minimum atomic E-state index is -1.17. The molecule has 2 rings (SSSR count). The lowest BCUT2D eigenvalue weighted by Crippen LogP contribution is -2.35. The van der Waals surface area contributed by atoms with Crippen molar-refractivity contribution < 1.29 is 24.1 Å². The zero-order valence-corrected chi connectivity index (χ0v) is 19.4. The first kappa shape index (κ1) is 24.5. The van der Waals surface area contributed by atoms with Crippen molar-refractivity contribution in [3.05, 3.63) is 28.6 Å². The molecule has 8 heteroatoms. The molecule has 31 heavy (non-hydrogen) atoms. The maximum Gasteiger partial charge on any atom is 0.412 e. The molecule has 2 aromatic rings. The van der Waals surface area contributed by atoms with E-state index in [1.807, 2.05) is 27.7 Å². The molecular formula is C23H34N2O6. The Morgan fingerprint density at radius 1 is 1.13 bits per heavy atom. The predicted molar refractivity (Wildman–Crippen MR) is 122 cm³/mol. The summed E-state index contributed by atoms with van der Waals surface area (Å²) < 4.78 is 18.3. The Morgan fingerprint density at radius 3 is 2.42 bits per heavy atom. The second kappa shape index (κ2) is 10.5. The molecule has 0 saturated carbocycles. The molecule has 0 saturated heterocycles. The second-order valence-electron chi connectivity index (χ2n) is 8.70. The monoisotopic (exact) mass is 434 g/mol. The van der Waals surface area contributed by atoms with Gasteiger partial charge >= 0.3 is 6.09 Å². The topological polar surface area (TPSA) is 90.2 Å². The Balaban J connectivity index is 2.80. The van der Waals surface area contributed by atoms with E-state index in [1.165, 1.54) is 11.6 Å². The van der Waals surface area contributed by atoms with E-state index in [1.54, 1.807) is 25.3 Å². The van der Waals surface area contributed by atoms with Crippen molar-refractivity contribution in [2.24, 2.45) is 5.41 Å². The van der Waals surface area contributed by atoms with Crippen molar-refractivity contribution in [1.82, 2.24) is 4.57 Å². The smallest absolute Gasteiger partial charge is 0.412 e. The van der Waals surface area contributed by atoms with Gasteiger partial charge < -0.3 is 19.3 Å². The summed E-state index contributed by atoms with van der Waals surface area (Å²) in [4.78, 5) is 26.4. The van der Waals surface area contributed by atoms with E-state index >= 15 is 0 Å². The summed E-state index contributed by atoms with van der Waals surface area (Å²) in [6.07, 6.45) is 0.559. The van der Waals surface area contributed by atoms with Crippen molar-refractivity contribution in [3.63, 3.8) is 0 Å². The van der Waals surface area contributed by atoms with E-state index < -0.39 is 6.09 Å². The number of amides is 1. The van der Waals surface area contributed by atoms with Gasteiger partial charge in [-0.1, -0.05) is 34.1 Å². The Kier molecular flexibility index (Phi) is 8.33. The van der Waals surface area contributed by atoms with E-state index in [0.717, 1.165) is 17.7 Å². The highest BCUT2D eigenvalue weighted by Gasteiger charge is 2.27. The normalized spacial score (nSPS) is 11.5. The van der Waals surface area contributed by atoms with Gasteiger partial charge in [-0.15, -0.1) is 0 Å². The summed E-state index contributed by atoms with van der Waals surface area (Å²) >= 11 is 0. The number of carboxylic acid groups (broad SMARTS) is 1. The van der Waals surface area contributed by atoms with Crippen LogP contribution in [0.15, 0.2) is 23.0 Å². The van der Waals surface area contributed by atoms with Crippen molar-refractivity contribution in [3.8, 4) is 11.5 Å². The Bertz CT molecular complexity index is 961. The lowest BCUT2D eigenvalue weighted by molar-refractivity contribution is 0.146. The number of anilines is 1. The maximum absolute atomic E-state index is 13.4. The molecular weight excluding hydrogens is 400 g/mol. The number of ether oxygens (including phenoxy) is 3. The minimum absolute atomic E-state index is 0.227. The SMILES string of the molecule is CCCCOc1c(N(C)C(=O)O)n(CC(C)(C)C)c(=O)c2ccc(OCCOC)cc12. The molecule has 0 fully saturated rings. The summed E-state index contributed by atoms with van der Waals surface area (Å²) in [6, 6.07) is 5.17. The summed E-state index contributed by atoms with van der Waals surface area (Å²) in [6.45, 7) is 9.58. The highest BCUT2D eigenvalue weighted by molar-refractivity contribution is 5.97. The molecule has 1 N–H and O–H groups in total. The van der Waals surface area contributed by atoms with E-state index in [-0.39, 0.29) is 16.8 Å². The van der Waals surface area contributed by atoms with Crippen LogP contribution in [0, 0.1) is 5.41 Å². The number of pyridine rings is 1. The molecule has 1 heterocycles. The van der Waals surface area contributed by atoms with Crippen LogP contribution in [0.3, 0.4) is 0 Å². The average molecular weight is 435 g/mol. The molecule has 0 aliphatic carbocycles. The van der Waals surface area contributed by atoms with E-state index in [0.29, 0.717) is 48.6 Å². The number of methoxy groups -OCH3 is 1. The standard InChI is InChI=1S/C23H34N2O6/c1-7-8-11-31-19-18-14-16(30-13-12-29-6)9-10-17(18)21(26)25(15-23(2,3)4)20(19)24(5)22(27)28/h9-10,14H,7-8,11-13,15H2,1-6H3,(H,27,28). The van der Waals surface area contributed by atoms with Crippen molar-refractivity contribution >= 4 is 22.7 Å². The van der Waals surface area contributed by atoms with Crippen LogP contribution in [0.5, 0.6) is 11.5 Å². The molecule has 0 radical (unpaired) electrons. The summed E-state index contributed by atoms with van der Waals surface area (Å²) in [5, 5.41) is 10.7. The van der Waals surface area contributed by atoms with Crippen LogP contribution in [0.25, 0.3) is 10.8 Å². The first-order valence-corrected chi connectivity index (χ1v) is 10.5. The number of hydrogen-bond donors (Lipinski definition) is 1. The fourth-order valence-corrected chi connectivity index (χ4v) is 3.22.